The van der Waals surface area contributed by atoms with Crippen molar-refractivity contribution in [3.63, 3.8) is 0 Å². The van der Waals surface area contributed by atoms with Gasteiger partial charge in [-0.25, -0.2) is 0 Å². The van der Waals surface area contributed by atoms with Crippen LogP contribution in [0.2, 0.25) is 0 Å². The van der Waals surface area contributed by atoms with Gasteiger partial charge in [-0.05, 0) is 43.9 Å². The van der Waals surface area contributed by atoms with E-state index < -0.39 is 0 Å². The molecule has 2 aliphatic heterocycles. The van der Waals surface area contributed by atoms with E-state index in [9.17, 15) is 0 Å². The van der Waals surface area contributed by atoms with Gasteiger partial charge in [0, 0.05) is 19.1 Å². The zero-order valence-corrected chi connectivity index (χ0v) is 10.3. The van der Waals surface area contributed by atoms with Gasteiger partial charge >= 0.3 is 0 Å². The smallest absolute Gasteiger partial charge is 0.0111 e. The van der Waals surface area contributed by atoms with E-state index in [2.05, 4.69) is 22.0 Å². The Bertz CT molecular complexity index is 143. The molecule has 0 amide bonds. The SMILES string of the molecule is C1CNCCN(C2CCSCC2)C1.Cl. The largest absolute Gasteiger partial charge is 0.315 e. The number of halogens is 1. The molecule has 1 N–H and O–H groups in total. The highest BCUT2D eigenvalue weighted by atomic mass is 35.5. The van der Waals surface area contributed by atoms with Crippen molar-refractivity contribution in [1.29, 1.82) is 0 Å². The van der Waals surface area contributed by atoms with Crippen LogP contribution in [0.5, 0.6) is 0 Å². The van der Waals surface area contributed by atoms with Crippen LogP contribution in [0.15, 0.2) is 0 Å². The zero-order chi connectivity index (χ0) is 8.93. The summed E-state index contributed by atoms with van der Waals surface area (Å²) < 4.78 is 0. The molecule has 0 aromatic rings. The van der Waals surface area contributed by atoms with E-state index in [0.29, 0.717) is 0 Å². The lowest BCUT2D eigenvalue weighted by Gasteiger charge is -2.32. The molecule has 4 heteroatoms. The molecular formula is C10H21ClN2S. The molecule has 0 aliphatic carbocycles. The van der Waals surface area contributed by atoms with E-state index >= 15 is 0 Å². The van der Waals surface area contributed by atoms with Crippen LogP contribution in [-0.4, -0.2) is 48.6 Å². The van der Waals surface area contributed by atoms with Gasteiger partial charge in [0.15, 0.2) is 0 Å². The molecule has 0 spiro atoms. The van der Waals surface area contributed by atoms with Gasteiger partial charge in [0.2, 0.25) is 0 Å². The Morgan fingerprint density at radius 3 is 2.64 bits per heavy atom. The summed E-state index contributed by atoms with van der Waals surface area (Å²) in [4.78, 5) is 2.71. The average Bonchev–Trinajstić information content (AvgIpc) is 2.47. The van der Waals surface area contributed by atoms with Gasteiger partial charge in [-0.15, -0.1) is 12.4 Å². The molecule has 2 rings (SSSR count). The maximum atomic E-state index is 3.47. The quantitative estimate of drug-likeness (QED) is 0.745. The predicted molar refractivity (Wildman–Crippen MR) is 66.7 cm³/mol. The maximum Gasteiger partial charge on any atom is 0.0111 e. The highest BCUT2D eigenvalue weighted by Gasteiger charge is 2.21. The number of thioether (sulfide) groups is 1. The lowest BCUT2D eigenvalue weighted by molar-refractivity contribution is 0.198. The van der Waals surface area contributed by atoms with Crippen molar-refractivity contribution >= 4 is 24.2 Å². The molecule has 2 aliphatic rings. The van der Waals surface area contributed by atoms with Crippen LogP contribution in [-0.2, 0) is 0 Å². The fourth-order valence-electron chi connectivity index (χ4n) is 2.28. The van der Waals surface area contributed by atoms with Gasteiger partial charge in [0.25, 0.3) is 0 Å². The summed E-state index contributed by atoms with van der Waals surface area (Å²) in [6.07, 6.45) is 4.18. The van der Waals surface area contributed by atoms with E-state index in [0.717, 1.165) is 6.04 Å². The molecule has 2 fully saturated rings. The molecule has 14 heavy (non-hydrogen) atoms. The van der Waals surface area contributed by atoms with Crippen LogP contribution >= 0.6 is 24.2 Å². The Morgan fingerprint density at radius 2 is 1.86 bits per heavy atom. The summed E-state index contributed by atoms with van der Waals surface area (Å²) in [6, 6.07) is 0.904. The van der Waals surface area contributed by atoms with E-state index in [4.69, 9.17) is 0 Å². The third-order valence-corrected chi connectivity index (χ3v) is 4.13. The van der Waals surface area contributed by atoms with E-state index in [1.54, 1.807) is 0 Å². The molecular weight excluding hydrogens is 216 g/mol. The first-order valence-electron chi connectivity index (χ1n) is 5.49. The molecule has 0 bridgehead atoms. The van der Waals surface area contributed by atoms with Crippen molar-refractivity contribution in [3.8, 4) is 0 Å². The van der Waals surface area contributed by atoms with Gasteiger partial charge in [-0.1, -0.05) is 0 Å². The minimum atomic E-state index is 0. The average molecular weight is 237 g/mol. The number of hydrogen-bond acceptors (Lipinski definition) is 3. The van der Waals surface area contributed by atoms with E-state index in [-0.39, 0.29) is 12.4 Å². The predicted octanol–water partition coefficient (Wildman–Crippen LogP) is 1.60. The van der Waals surface area contributed by atoms with Crippen molar-refractivity contribution < 1.29 is 0 Å². The van der Waals surface area contributed by atoms with Crippen LogP contribution in [0.25, 0.3) is 0 Å². The van der Waals surface area contributed by atoms with Crippen molar-refractivity contribution in [3.05, 3.63) is 0 Å². The van der Waals surface area contributed by atoms with Crippen LogP contribution < -0.4 is 5.32 Å². The highest BCUT2D eigenvalue weighted by Crippen LogP contribution is 2.21. The van der Waals surface area contributed by atoms with Gasteiger partial charge in [0.1, 0.15) is 0 Å². The topological polar surface area (TPSA) is 15.3 Å². The Kier molecular flexibility index (Phi) is 6.26. The maximum absolute atomic E-state index is 3.47. The van der Waals surface area contributed by atoms with Crippen molar-refractivity contribution in [2.24, 2.45) is 0 Å². The molecule has 2 nitrogen and oxygen atoms in total. The number of hydrogen-bond donors (Lipinski definition) is 1. The molecule has 84 valence electrons. The first kappa shape index (κ1) is 12.6. The minimum absolute atomic E-state index is 0. The summed E-state index contributed by atoms with van der Waals surface area (Å²) >= 11 is 2.13. The molecule has 0 saturated carbocycles. The molecule has 0 aromatic carbocycles. The molecule has 2 saturated heterocycles. The van der Waals surface area contributed by atoms with Crippen molar-refractivity contribution in [2.75, 3.05) is 37.7 Å². The molecule has 0 atom stereocenters. The van der Waals surface area contributed by atoms with Crippen LogP contribution in [0.4, 0.5) is 0 Å². The summed E-state index contributed by atoms with van der Waals surface area (Å²) in [7, 11) is 0. The lowest BCUT2D eigenvalue weighted by atomic mass is 10.1. The summed E-state index contributed by atoms with van der Waals surface area (Å²) in [5.41, 5.74) is 0. The number of nitrogens with zero attached hydrogens (tertiary/aromatic N) is 1. The number of rotatable bonds is 1. The van der Waals surface area contributed by atoms with E-state index in [1.807, 2.05) is 0 Å². The first-order valence-corrected chi connectivity index (χ1v) is 6.65. The minimum Gasteiger partial charge on any atom is -0.315 e. The summed E-state index contributed by atoms with van der Waals surface area (Å²) in [5, 5.41) is 3.47. The van der Waals surface area contributed by atoms with Gasteiger partial charge in [-0.3, -0.25) is 4.90 Å². The van der Waals surface area contributed by atoms with Gasteiger partial charge < -0.3 is 5.32 Å². The Hall–Kier alpha value is 0.560. The molecule has 0 radical (unpaired) electrons. The number of nitrogens with one attached hydrogen (secondary N) is 1. The third-order valence-electron chi connectivity index (χ3n) is 3.08. The fraction of sp³-hybridized carbons (Fsp3) is 1.00. The van der Waals surface area contributed by atoms with Crippen LogP contribution in [0.1, 0.15) is 19.3 Å². The second-order valence-corrected chi connectivity index (χ2v) is 5.21. The standard InChI is InChI=1S/C10H20N2S.ClH/c1-4-11-5-7-12(6-1)10-2-8-13-9-3-10;/h10-11H,1-9H2;1H. The van der Waals surface area contributed by atoms with Crippen LogP contribution in [0, 0.1) is 0 Å². The second kappa shape index (κ2) is 6.94. The van der Waals surface area contributed by atoms with Gasteiger partial charge in [-0.2, -0.15) is 11.8 Å². The zero-order valence-electron chi connectivity index (χ0n) is 8.71. The molecule has 0 unspecified atom stereocenters. The molecule has 2 heterocycles. The van der Waals surface area contributed by atoms with Crippen LogP contribution in [0.3, 0.4) is 0 Å². The fourth-order valence-corrected chi connectivity index (χ4v) is 3.36. The van der Waals surface area contributed by atoms with E-state index in [1.165, 1.54) is 56.9 Å². The third kappa shape index (κ3) is 3.61. The second-order valence-electron chi connectivity index (χ2n) is 3.98. The highest BCUT2D eigenvalue weighted by molar-refractivity contribution is 7.99. The Balaban J connectivity index is 0.000000980. The van der Waals surface area contributed by atoms with Crippen molar-refractivity contribution in [1.82, 2.24) is 10.2 Å². The molecule has 0 aromatic heterocycles. The first-order chi connectivity index (χ1) is 6.47. The lowest BCUT2D eigenvalue weighted by Crippen LogP contribution is -2.39. The monoisotopic (exact) mass is 236 g/mol. The van der Waals surface area contributed by atoms with Crippen molar-refractivity contribution in [2.45, 2.75) is 25.3 Å². The Morgan fingerprint density at radius 1 is 1.07 bits per heavy atom. The summed E-state index contributed by atoms with van der Waals surface area (Å²) in [5.74, 6) is 2.77. The Labute approximate surface area is 97.6 Å². The van der Waals surface area contributed by atoms with Gasteiger partial charge in [0.05, 0.1) is 0 Å². The normalized spacial score (nSPS) is 26.6. The summed E-state index contributed by atoms with van der Waals surface area (Å²) in [6.45, 7) is 5.01.